The lowest BCUT2D eigenvalue weighted by Crippen LogP contribution is -2.40. The summed E-state index contributed by atoms with van der Waals surface area (Å²) in [5.74, 6) is -0.0786. The maximum atomic E-state index is 11.6. The van der Waals surface area contributed by atoms with Crippen molar-refractivity contribution in [2.24, 2.45) is 11.1 Å². The van der Waals surface area contributed by atoms with Crippen molar-refractivity contribution in [2.75, 3.05) is 6.61 Å². The second-order valence-electron chi connectivity index (χ2n) is 4.14. The molecule has 0 bridgehead atoms. The molecular weight excluding hydrogens is 202 g/mol. The molecule has 0 aromatic rings. The summed E-state index contributed by atoms with van der Waals surface area (Å²) in [7, 11) is 0. The molecule has 2 atom stereocenters. The molecular formula is C10H20ClNO2. The van der Waals surface area contributed by atoms with Gasteiger partial charge in [0.2, 0.25) is 0 Å². The molecule has 1 aliphatic rings. The van der Waals surface area contributed by atoms with E-state index in [9.17, 15) is 4.79 Å². The highest BCUT2D eigenvalue weighted by molar-refractivity contribution is 5.85. The van der Waals surface area contributed by atoms with Gasteiger partial charge in [0, 0.05) is 6.04 Å². The Kier molecular flexibility index (Phi) is 5.45. The van der Waals surface area contributed by atoms with Gasteiger partial charge in [0.05, 0.1) is 12.0 Å². The summed E-state index contributed by atoms with van der Waals surface area (Å²) in [4.78, 5) is 11.6. The van der Waals surface area contributed by atoms with Crippen molar-refractivity contribution in [3.8, 4) is 0 Å². The maximum absolute atomic E-state index is 11.6. The fourth-order valence-electron chi connectivity index (χ4n) is 2.03. The topological polar surface area (TPSA) is 52.3 Å². The molecule has 2 N–H and O–H groups in total. The van der Waals surface area contributed by atoms with Crippen molar-refractivity contribution in [1.29, 1.82) is 0 Å². The number of hydrogen-bond acceptors (Lipinski definition) is 3. The van der Waals surface area contributed by atoms with Gasteiger partial charge in [0.25, 0.3) is 0 Å². The number of nitrogens with two attached hydrogens (primary N) is 1. The minimum atomic E-state index is -0.326. The van der Waals surface area contributed by atoms with E-state index in [4.69, 9.17) is 10.5 Å². The zero-order valence-corrected chi connectivity index (χ0v) is 9.73. The molecule has 1 aliphatic carbocycles. The van der Waals surface area contributed by atoms with Crippen molar-refractivity contribution < 1.29 is 9.53 Å². The number of carbonyl (C=O) groups is 1. The molecule has 3 nitrogen and oxygen atoms in total. The molecule has 84 valence electrons. The molecule has 0 radical (unpaired) electrons. The van der Waals surface area contributed by atoms with Gasteiger partial charge in [-0.25, -0.2) is 0 Å². The molecule has 1 saturated carbocycles. The van der Waals surface area contributed by atoms with Crippen molar-refractivity contribution in [2.45, 2.75) is 45.6 Å². The maximum Gasteiger partial charge on any atom is 0.311 e. The first-order chi connectivity index (χ1) is 6.08. The number of rotatable bonds is 2. The minimum absolute atomic E-state index is 0. The highest BCUT2D eigenvalue weighted by Crippen LogP contribution is 2.36. The predicted octanol–water partition coefficient (Wildman–Crippen LogP) is 1.88. The van der Waals surface area contributed by atoms with E-state index < -0.39 is 0 Å². The van der Waals surface area contributed by atoms with E-state index >= 15 is 0 Å². The third-order valence-corrected chi connectivity index (χ3v) is 2.78. The van der Waals surface area contributed by atoms with Gasteiger partial charge in [-0.15, -0.1) is 12.4 Å². The van der Waals surface area contributed by atoms with E-state index in [0.29, 0.717) is 6.61 Å². The van der Waals surface area contributed by atoms with E-state index in [1.54, 1.807) is 0 Å². The fraction of sp³-hybridized carbons (Fsp3) is 0.900. The predicted molar refractivity (Wildman–Crippen MR) is 58.4 cm³/mol. The zero-order chi connectivity index (χ0) is 9.90. The summed E-state index contributed by atoms with van der Waals surface area (Å²) in [6.45, 7) is 4.26. The third kappa shape index (κ3) is 3.14. The Bertz CT molecular complexity index is 199. The highest BCUT2D eigenvalue weighted by Gasteiger charge is 2.38. The number of carbonyl (C=O) groups excluding carboxylic acids is 1. The van der Waals surface area contributed by atoms with Crippen LogP contribution in [0.4, 0.5) is 0 Å². The summed E-state index contributed by atoms with van der Waals surface area (Å²) in [5, 5.41) is 0. The van der Waals surface area contributed by atoms with Gasteiger partial charge >= 0.3 is 5.97 Å². The number of hydrogen-bond donors (Lipinski definition) is 1. The Morgan fingerprint density at radius 1 is 1.64 bits per heavy atom. The van der Waals surface area contributed by atoms with Crippen molar-refractivity contribution in [3.05, 3.63) is 0 Å². The Labute approximate surface area is 91.8 Å². The zero-order valence-electron chi connectivity index (χ0n) is 8.91. The molecule has 14 heavy (non-hydrogen) atoms. The lowest BCUT2D eigenvalue weighted by Gasteiger charge is -2.34. The van der Waals surface area contributed by atoms with Crippen LogP contribution in [-0.2, 0) is 9.53 Å². The Balaban J connectivity index is 0.00000169. The average molecular weight is 222 g/mol. The molecule has 0 saturated heterocycles. The van der Waals surface area contributed by atoms with Crippen LogP contribution in [0.25, 0.3) is 0 Å². The summed E-state index contributed by atoms with van der Waals surface area (Å²) in [6.07, 6.45) is 3.76. The second kappa shape index (κ2) is 5.56. The molecule has 0 amide bonds. The molecule has 0 aliphatic heterocycles. The first-order valence-electron chi connectivity index (χ1n) is 5.01. The van der Waals surface area contributed by atoms with Gasteiger partial charge in [0.1, 0.15) is 0 Å². The molecule has 4 heteroatoms. The smallest absolute Gasteiger partial charge is 0.311 e. The van der Waals surface area contributed by atoms with Crippen LogP contribution in [0.2, 0.25) is 0 Å². The molecule has 1 fully saturated rings. The van der Waals surface area contributed by atoms with Crippen LogP contribution in [0.3, 0.4) is 0 Å². The van der Waals surface area contributed by atoms with Gasteiger partial charge in [0.15, 0.2) is 0 Å². The molecule has 0 heterocycles. The lowest BCUT2D eigenvalue weighted by molar-refractivity contribution is -0.156. The molecule has 1 rings (SSSR count). The molecule has 0 aromatic heterocycles. The van der Waals surface area contributed by atoms with E-state index in [0.717, 1.165) is 25.7 Å². The van der Waals surface area contributed by atoms with Gasteiger partial charge in [-0.2, -0.15) is 0 Å². The van der Waals surface area contributed by atoms with E-state index in [1.165, 1.54) is 0 Å². The van der Waals surface area contributed by atoms with Crippen LogP contribution >= 0.6 is 12.4 Å². The van der Waals surface area contributed by atoms with Gasteiger partial charge in [-0.1, -0.05) is 6.42 Å². The van der Waals surface area contributed by atoms with Crippen molar-refractivity contribution >= 4 is 18.4 Å². The largest absolute Gasteiger partial charge is 0.466 e. The van der Waals surface area contributed by atoms with E-state index in [-0.39, 0.29) is 29.8 Å². The number of esters is 1. The SMILES string of the molecule is CCOC(=O)C1(C)CCCC(N)C1.Cl. The first kappa shape index (κ1) is 13.7. The molecule has 0 aromatic carbocycles. The standard InChI is InChI=1S/C10H19NO2.ClH/c1-3-13-9(12)10(2)6-4-5-8(11)7-10;/h8H,3-7,11H2,1-2H3;1H. The third-order valence-electron chi connectivity index (χ3n) is 2.78. The minimum Gasteiger partial charge on any atom is -0.466 e. The lowest BCUT2D eigenvalue weighted by atomic mass is 9.74. The summed E-state index contributed by atoms with van der Waals surface area (Å²) >= 11 is 0. The summed E-state index contributed by atoms with van der Waals surface area (Å²) in [6, 6.07) is 0.170. The summed E-state index contributed by atoms with van der Waals surface area (Å²) in [5.41, 5.74) is 5.51. The summed E-state index contributed by atoms with van der Waals surface area (Å²) < 4.78 is 5.04. The monoisotopic (exact) mass is 221 g/mol. The van der Waals surface area contributed by atoms with Gasteiger partial charge in [-0.05, 0) is 33.1 Å². The fourth-order valence-corrected chi connectivity index (χ4v) is 2.03. The van der Waals surface area contributed by atoms with Gasteiger partial charge in [-0.3, -0.25) is 4.79 Å². The van der Waals surface area contributed by atoms with Crippen LogP contribution in [0, 0.1) is 5.41 Å². The van der Waals surface area contributed by atoms with Crippen LogP contribution in [-0.4, -0.2) is 18.6 Å². The number of halogens is 1. The Morgan fingerprint density at radius 3 is 2.79 bits per heavy atom. The van der Waals surface area contributed by atoms with E-state index in [2.05, 4.69) is 0 Å². The van der Waals surface area contributed by atoms with Crippen molar-refractivity contribution in [1.82, 2.24) is 0 Å². The second-order valence-corrected chi connectivity index (χ2v) is 4.14. The molecule has 2 unspecified atom stereocenters. The molecule has 0 spiro atoms. The van der Waals surface area contributed by atoms with Crippen molar-refractivity contribution in [3.63, 3.8) is 0 Å². The highest BCUT2D eigenvalue weighted by atomic mass is 35.5. The Hall–Kier alpha value is -0.280. The quantitative estimate of drug-likeness (QED) is 0.725. The van der Waals surface area contributed by atoms with Crippen LogP contribution in [0.1, 0.15) is 39.5 Å². The van der Waals surface area contributed by atoms with E-state index in [1.807, 2.05) is 13.8 Å². The average Bonchev–Trinajstić information content (AvgIpc) is 2.04. The Morgan fingerprint density at radius 2 is 2.29 bits per heavy atom. The first-order valence-corrected chi connectivity index (χ1v) is 5.01. The van der Waals surface area contributed by atoms with Crippen LogP contribution in [0.15, 0.2) is 0 Å². The normalized spacial score (nSPS) is 31.8. The number of ether oxygens (including phenoxy) is 1. The van der Waals surface area contributed by atoms with Crippen LogP contribution < -0.4 is 5.73 Å². The van der Waals surface area contributed by atoms with Crippen LogP contribution in [0.5, 0.6) is 0 Å². The van der Waals surface area contributed by atoms with Gasteiger partial charge < -0.3 is 10.5 Å².